The molecule has 0 spiro atoms. The van der Waals surface area contributed by atoms with E-state index in [-0.39, 0.29) is 23.7 Å². The van der Waals surface area contributed by atoms with Crippen molar-refractivity contribution in [2.24, 2.45) is 5.41 Å². The fourth-order valence-electron chi connectivity index (χ4n) is 7.64. The van der Waals surface area contributed by atoms with E-state index in [9.17, 15) is 9.90 Å². The first-order valence-electron chi connectivity index (χ1n) is 21.7. The molecule has 342 valence electrons. The molecular formula is C49H58Cl3N3O8Si. The summed E-state index contributed by atoms with van der Waals surface area (Å²) in [6.07, 6.45) is 2.61. The van der Waals surface area contributed by atoms with Gasteiger partial charge < -0.3 is 38.3 Å². The molecule has 3 aliphatic rings. The Hall–Kier alpha value is -4.43. The van der Waals surface area contributed by atoms with Crippen LogP contribution in [-0.4, -0.2) is 67.8 Å². The predicted molar refractivity (Wildman–Crippen MR) is 253 cm³/mol. The highest BCUT2D eigenvalue weighted by atomic mass is 35.5. The first kappa shape index (κ1) is 47.5. The second-order valence-electron chi connectivity index (χ2n) is 18.6. The number of carboxylic acids is 1. The van der Waals surface area contributed by atoms with Crippen LogP contribution in [0.1, 0.15) is 68.2 Å². The number of fused-ring (bicyclic) bond motifs is 2. The van der Waals surface area contributed by atoms with Gasteiger partial charge in [0.2, 0.25) is 5.88 Å². The molecule has 5 aromatic rings. The summed E-state index contributed by atoms with van der Waals surface area (Å²) in [6, 6.07) is 25.4. The number of aliphatic carboxylic acids is 1. The van der Waals surface area contributed by atoms with Gasteiger partial charge in [0.25, 0.3) is 8.32 Å². The minimum atomic E-state index is -1.94. The molecule has 0 amide bonds. The van der Waals surface area contributed by atoms with Gasteiger partial charge in [-0.25, -0.2) is 0 Å². The standard InChI is InChI=1S/C28H37ClN2O4Si.C21H21Cl2NO4/c1-7-19-9-8-10-25(29)24(19)18-32-22-12-11-20-13-21(17-33-26(20)14-22)30-16-23-15-27(31-34-23)35-36(5,6)28(2,3)4;1-21(20(25)26)11-24(12-21)14-7-13-5-6-15(8-19(13)28-9-14)27-10-16-17(22)3-2-4-18(16)23/h8-12,14-15,21,30H,7,13,16-18H2,1-6H3;2-6,8,14H,7,9-12H2,1H3,(H,25,26)/t21-;/m0./s1. The van der Waals surface area contributed by atoms with Crippen LogP contribution >= 0.6 is 34.8 Å². The minimum Gasteiger partial charge on any atom is -0.528 e. The number of carboxylic acid groups (broad SMARTS) is 1. The summed E-state index contributed by atoms with van der Waals surface area (Å²) in [4.78, 5) is 13.5. The zero-order valence-corrected chi connectivity index (χ0v) is 40.8. The monoisotopic (exact) mass is 949 g/mol. The Morgan fingerprint density at radius 1 is 0.859 bits per heavy atom. The normalized spacial score (nSPS) is 17.9. The molecule has 1 unspecified atom stereocenters. The third kappa shape index (κ3) is 11.3. The first-order valence-corrected chi connectivity index (χ1v) is 25.8. The molecule has 15 heteroatoms. The molecule has 3 aliphatic heterocycles. The second-order valence-corrected chi connectivity index (χ2v) is 24.5. The number of nitrogens with zero attached hydrogens (tertiary/aromatic N) is 2. The van der Waals surface area contributed by atoms with Gasteiger partial charge >= 0.3 is 5.97 Å². The average molecular weight is 951 g/mol. The highest BCUT2D eigenvalue weighted by Crippen LogP contribution is 2.39. The van der Waals surface area contributed by atoms with Crippen molar-refractivity contribution in [2.75, 3.05) is 26.3 Å². The third-order valence-corrected chi connectivity index (χ3v) is 18.1. The van der Waals surface area contributed by atoms with E-state index in [0.717, 1.165) is 69.5 Å². The Kier molecular flexibility index (Phi) is 14.8. The fourth-order valence-corrected chi connectivity index (χ4v) is 9.32. The van der Waals surface area contributed by atoms with Crippen LogP contribution in [0.5, 0.6) is 28.9 Å². The molecule has 1 saturated heterocycles. The largest absolute Gasteiger partial charge is 0.528 e. The van der Waals surface area contributed by atoms with Crippen molar-refractivity contribution in [1.29, 1.82) is 0 Å². The van der Waals surface area contributed by atoms with Gasteiger partial charge in [-0.3, -0.25) is 9.69 Å². The van der Waals surface area contributed by atoms with Crippen molar-refractivity contribution >= 4 is 49.1 Å². The molecule has 0 saturated carbocycles. The lowest BCUT2D eigenvalue weighted by atomic mass is 9.80. The number of carbonyl (C=O) groups is 1. The van der Waals surface area contributed by atoms with Gasteiger partial charge in [0.1, 0.15) is 49.4 Å². The third-order valence-electron chi connectivity index (χ3n) is 12.7. The van der Waals surface area contributed by atoms with Crippen LogP contribution in [0.2, 0.25) is 33.2 Å². The summed E-state index contributed by atoms with van der Waals surface area (Å²) >= 11 is 18.8. The van der Waals surface area contributed by atoms with Crippen LogP contribution in [0.4, 0.5) is 0 Å². The average Bonchev–Trinajstić information content (AvgIpc) is 3.69. The Labute approximate surface area is 392 Å². The lowest BCUT2D eigenvalue weighted by Gasteiger charge is -2.49. The smallest absolute Gasteiger partial charge is 0.311 e. The summed E-state index contributed by atoms with van der Waals surface area (Å²) in [5.74, 6) is 3.73. The molecule has 1 aromatic heterocycles. The van der Waals surface area contributed by atoms with E-state index in [0.29, 0.717) is 61.1 Å². The summed E-state index contributed by atoms with van der Waals surface area (Å²) in [5.41, 5.74) is 4.61. The maximum atomic E-state index is 11.3. The second kappa shape index (κ2) is 20.0. The number of aryl methyl sites for hydroxylation is 1. The number of benzene rings is 4. The SMILES string of the molecule is CC1(C(=O)O)CN(C2COc3cc(OCc4c(Cl)cccc4Cl)ccc3C2)C1.CCc1cccc(Cl)c1COc1ccc2c(c1)OC[C@@H](NCc1cc(O[Si](C)(C)C(C)(C)C)no1)C2. The Morgan fingerprint density at radius 2 is 1.44 bits per heavy atom. The van der Waals surface area contributed by atoms with Crippen molar-refractivity contribution in [2.45, 2.75) is 104 Å². The van der Waals surface area contributed by atoms with Gasteiger partial charge in [0.15, 0.2) is 5.76 Å². The summed E-state index contributed by atoms with van der Waals surface area (Å²) in [7, 11) is -1.94. The van der Waals surface area contributed by atoms with Gasteiger partial charge in [0.05, 0.1) is 12.0 Å². The lowest BCUT2D eigenvalue weighted by molar-refractivity contribution is -0.161. The number of nitrogens with one attached hydrogen (secondary N) is 1. The van der Waals surface area contributed by atoms with Crippen molar-refractivity contribution < 1.29 is 37.8 Å². The molecule has 64 heavy (non-hydrogen) atoms. The van der Waals surface area contributed by atoms with Crippen LogP contribution in [-0.2, 0) is 43.8 Å². The number of aromatic nitrogens is 1. The zero-order valence-electron chi connectivity index (χ0n) is 37.6. The van der Waals surface area contributed by atoms with Gasteiger partial charge in [-0.2, -0.15) is 0 Å². The van der Waals surface area contributed by atoms with E-state index in [4.69, 9.17) is 62.7 Å². The summed E-state index contributed by atoms with van der Waals surface area (Å²) in [5, 5.41) is 18.9. The van der Waals surface area contributed by atoms with E-state index < -0.39 is 19.7 Å². The topological polar surface area (TPSA) is 125 Å². The molecule has 4 heterocycles. The number of likely N-dealkylation sites (tertiary alicyclic amines) is 1. The quantitative estimate of drug-likeness (QED) is 0.103. The first-order chi connectivity index (χ1) is 30.4. The van der Waals surface area contributed by atoms with Gasteiger partial charge in [-0.15, -0.1) is 0 Å². The van der Waals surface area contributed by atoms with Gasteiger partial charge in [-0.1, -0.05) is 92.8 Å². The molecule has 0 bridgehead atoms. The molecule has 2 atom stereocenters. The van der Waals surface area contributed by atoms with Crippen molar-refractivity contribution in [3.63, 3.8) is 0 Å². The van der Waals surface area contributed by atoms with Crippen molar-refractivity contribution in [1.82, 2.24) is 15.4 Å². The Morgan fingerprint density at radius 3 is 2.05 bits per heavy atom. The highest BCUT2D eigenvalue weighted by molar-refractivity contribution is 6.74. The van der Waals surface area contributed by atoms with E-state index >= 15 is 0 Å². The molecule has 0 aliphatic carbocycles. The maximum absolute atomic E-state index is 11.3. The minimum absolute atomic E-state index is 0.106. The molecule has 0 radical (unpaired) electrons. The summed E-state index contributed by atoms with van der Waals surface area (Å²) in [6.45, 7) is 18.5. The number of halogens is 3. The van der Waals surface area contributed by atoms with Crippen molar-refractivity contribution in [3.05, 3.63) is 128 Å². The molecule has 1 fully saturated rings. The predicted octanol–water partition coefficient (Wildman–Crippen LogP) is 11.2. The highest BCUT2D eigenvalue weighted by Gasteiger charge is 2.48. The fraction of sp³-hybridized carbons (Fsp3) is 0.429. The van der Waals surface area contributed by atoms with E-state index in [1.807, 2.05) is 48.5 Å². The van der Waals surface area contributed by atoms with Gasteiger partial charge in [0, 0.05) is 69.6 Å². The Bertz CT molecular complexity index is 2410. The lowest BCUT2D eigenvalue weighted by Crippen LogP contribution is -2.63. The number of ether oxygens (including phenoxy) is 4. The molecule has 4 aromatic carbocycles. The number of rotatable bonds is 14. The number of hydrogen-bond donors (Lipinski definition) is 2. The van der Waals surface area contributed by atoms with E-state index in [1.54, 1.807) is 25.1 Å². The molecular weight excluding hydrogens is 893 g/mol. The van der Waals surface area contributed by atoms with Crippen molar-refractivity contribution in [3.8, 4) is 28.9 Å². The molecule has 2 N–H and O–H groups in total. The van der Waals surface area contributed by atoms with E-state index in [2.05, 4.69) is 68.3 Å². The zero-order chi connectivity index (χ0) is 45.8. The molecule has 11 nitrogen and oxygen atoms in total. The van der Waals surface area contributed by atoms with Crippen LogP contribution in [0.25, 0.3) is 0 Å². The van der Waals surface area contributed by atoms with E-state index in [1.165, 1.54) is 5.56 Å². The Balaban J connectivity index is 0.000000197. The van der Waals surface area contributed by atoms with Gasteiger partial charge in [-0.05, 0) is 96.5 Å². The maximum Gasteiger partial charge on any atom is 0.311 e. The van der Waals surface area contributed by atoms with Crippen LogP contribution in [0.15, 0.2) is 83.4 Å². The number of hydrogen-bond acceptors (Lipinski definition) is 10. The van der Waals surface area contributed by atoms with Crippen LogP contribution in [0.3, 0.4) is 0 Å². The van der Waals surface area contributed by atoms with Crippen LogP contribution < -0.4 is 28.7 Å². The summed E-state index contributed by atoms with van der Waals surface area (Å²) < 4.78 is 35.7. The van der Waals surface area contributed by atoms with Crippen LogP contribution in [0, 0.1) is 5.41 Å². The molecule has 8 rings (SSSR count).